The summed E-state index contributed by atoms with van der Waals surface area (Å²) in [5.41, 5.74) is 1.39. The second-order valence-corrected chi connectivity index (χ2v) is 5.80. The lowest BCUT2D eigenvalue weighted by atomic mass is 9.93. The van der Waals surface area contributed by atoms with Gasteiger partial charge in [-0.05, 0) is 56.4 Å². The maximum absolute atomic E-state index is 12.1. The molecule has 4 heteroatoms. The Morgan fingerprint density at radius 1 is 1.00 bits per heavy atom. The van der Waals surface area contributed by atoms with Crippen molar-refractivity contribution in [1.82, 2.24) is 5.32 Å². The van der Waals surface area contributed by atoms with Crippen LogP contribution in [0.1, 0.15) is 42.5 Å². The first-order valence-electron chi connectivity index (χ1n) is 7.59. The summed E-state index contributed by atoms with van der Waals surface area (Å²) in [5, 5.41) is 5.87. The molecule has 1 fully saturated rings. The highest BCUT2D eigenvalue weighted by molar-refractivity contribution is 5.96. The summed E-state index contributed by atoms with van der Waals surface area (Å²) in [6.45, 7) is 0. The van der Waals surface area contributed by atoms with Crippen LogP contribution in [-0.4, -0.2) is 17.9 Å². The van der Waals surface area contributed by atoms with Crippen LogP contribution in [0.5, 0.6) is 0 Å². The van der Waals surface area contributed by atoms with Gasteiger partial charge in [0.2, 0.25) is 5.91 Å². The molecule has 0 saturated heterocycles. The van der Waals surface area contributed by atoms with E-state index in [4.69, 9.17) is 0 Å². The number of carbonyl (C=O) groups excluding carboxylic acids is 2. The van der Waals surface area contributed by atoms with Crippen LogP contribution in [0.15, 0.2) is 36.4 Å². The molecule has 1 atom stereocenters. The summed E-state index contributed by atoms with van der Waals surface area (Å²) in [4.78, 5) is 24.0. The summed E-state index contributed by atoms with van der Waals surface area (Å²) in [6, 6.07) is 7.45. The lowest BCUT2D eigenvalue weighted by Crippen LogP contribution is -2.25. The number of hydrogen-bond donors (Lipinski definition) is 2. The van der Waals surface area contributed by atoms with Crippen LogP contribution in [0.2, 0.25) is 0 Å². The molecule has 110 valence electrons. The largest absolute Gasteiger partial charge is 0.349 e. The second-order valence-electron chi connectivity index (χ2n) is 5.80. The minimum Gasteiger partial charge on any atom is -0.349 e. The van der Waals surface area contributed by atoms with Crippen LogP contribution in [-0.2, 0) is 4.79 Å². The normalized spacial score (nSPS) is 20.9. The molecule has 2 aliphatic rings. The lowest BCUT2D eigenvalue weighted by molar-refractivity contribution is -0.120. The first-order valence-corrected chi connectivity index (χ1v) is 7.59. The summed E-state index contributed by atoms with van der Waals surface area (Å²) in [6.07, 6.45) is 9.04. The summed E-state index contributed by atoms with van der Waals surface area (Å²) in [5.74, 6) is 0.0927. The molecule has 1 aromatic carbocycles. The van der Waals surface area contributed by atoms with E-state index >= 15 is 0 Å². The lowest BCUT2D eigenvalue weighted by Gasteiger charge is -2.17. The van der Waals surface area contributed by atoms with Gasteiger partial charge in [0.25, 0.3) is 5.91 Å². The molecule has 21 heavy (non-hydrogen) atoms. The van der Waals surface area contributed by atoms with Gasteiger partial charge >= 0.3 is 0 Å². The molecular formula is C17H20N2O2. The van der Waals surface area contributed by atoms with E-state index in [1.54, 1.807) is 24.3 Å². The molecule has 0 aliphatic heterocycles. The monoisotopic (exact) mass is 284 g/mol. The van der Waals surface area contributed by atoms with Gasteiger partial charge in [0.05, 0.1) is 0 Å². The number of nitrogens with one attached hydrogen (secondary N) is 2. The van der Waals surface area contributed by atoms with E-state index in [-0.39, 0.29) is 17.7 Å². The Balaban J connectivity index is 1.57. The molecule has 1 unspecified atom stereocenters. The fourth-order valence-electron chi connectivity index (χ4n) is 2.48. The summed E-state index contributed by atoms with van der Waals surface area (Å²) < 4.78 is 0. The maximum Gasteiger partial charge on any atom is 0.251 e. The minimum atomic E-state index is -0.0344. The predicted molar refractivity (Wildman–Crippen MR) is 82.0 cm³/mol. The highest BCUT2D eigenvalue weighted by Crippen LogP contribution is 2.21. The topological polar surface area (TPSA) is 58.2 Å². The van der Waals surface area contributed by atoms with Crippen molar-refractivity contribution in [2.75, 3.05) is 5.32 Å². The Morgan fingerprint density at radius 3 is 2.38 bits per heavy atom. The van der Waals surface area contributed by atoms with Crippen LogP contribution in [0.3, 0.4) is 0 Å². The van der Waals surface area contributed by atoms with Gasteiger partial charge in [-0.15, -0.1) is 0 Å². The Hall–Kier alpha value is -2.10. The average Bonchev–Trinajstić information content (AvgIpc) is 3.33. The van der Waals surface area contributed by atoms with Gasteiger partial charge in [-0.1, -0.05) is 12.2 Å². The molecule has 3 rings (SSSR count). The fraction of sp³-hybridized carbons (Fsp3) is 0.412. The molecule has 2 amide bonds. The standard InChI is InChI=1S/C17H20N2O2/c20-16(12-4-2-1-3-5-12)18-14-8-6-13(7-9-14)17(21)19-15-10-11-15/h1-2,6-9,12,15H,3-5,10-11H2,(H,18,20)(H,19,21). The summed E-state index contributed by atoms with van der Waals surface area (Å²) in [7, 11) is 0. The third kappa shape index (κ3) is 3.72. The quantitative estimate of drug-likeness (QED) is 0.835. The van der Waals surface area contributed by atoms with E-state index < -0.39 is 0 Å². The van der Waals surface area contributed by atoms with Crippen LogP contribution in [0.4, 0.5) is 5.69 Å². The Bertz CT molecular complexity index is 559. The van der Waals surface area contributed by atoms with Crippen molar-refractivity contribution < 1.29 is 9.59 Å². The van der Waals surface area contributed by atoms with E-state index in [2.05, 4.69) is 22.8 Å². The number of rotatable bonds is 4. The molecule has 4 nitrogen and oxygen atoms in total. The number of anilines is 1. The Kier molecular flexibility index (Phi) is 4.04. The number of allylic oxidation sites excluding steroid dienone is 2. The molecular weight excluding hydrogens is 264 g/mol. The highest BCUT2D eigenvalue weighted by atomic mass is 16.2. The van der Waals surface area contributed by atoms with Gasteiger partial charge in [0, 0.05) is 23.2 Å². The fourth-order valence-corrected chi connectivity index (χ4v) is 2.48. The van der Waals surface area contributed by atoms with E-state index in [1.165, 1.54) is 0 Å². The first-order chi connectivity index (χ1) is 10.2. The van der Waals surface area contributed by atoms with E-state index in [0.29, 0.717) is 11.6 Å². The third-order valence-corrected chi connectivity index (χ3v) is 3.97. The van der Waals surface area contributed by atoms with Gasteiger partial charge in [-0.3, -0.25) is 9.59 Å². The van der Waals surface area contributed by atoms with Gasteiger partial charge in [-0.2, -0.15) is 0 Å². The molecule has 1 aromatic rings. The smallest absolute Gasteiger partial charge is 0.251 e. The van der Waals surface area contributed by atoms with Gasteiger partial charge in [0.1, 0.15) is 0 Å². The summed E-state index contributed by atoms with van der Waals surface area (Å²) >= 11 is 0. The molecule has 2 N–H and O–H groups in total. The molecule has 1 saturated carbocycles. The van der Waals surface area contributed by atoms with Gasteiger partial charge in [0.15, 0.2) is 0 Å². The molecule has 0 heterocycles. The number of benzene rings is 1. The Labute approximate surface area is 124 Å². The van der Waals surface area contributed by atoms with Crippen LogP contribution < -0.4 is 10.6 Å². The van der Waals surface area contributed by atoms with E-state index in [1.807, 2.05) is 0 Å². The van der Waals surface area contributed by atoms with E-state index in [9.17, 15) is 9.59 Å². The van der Waals surface area contributed by atoms with Crippen molar-refractivity contribution in [2.24, 2.45) is 5.92 Å². The first kappa shape index (κ1) is 13.9. The number of carbonyl (C=O) groups is 2. The third-order valence-electron chi connectivity index (χ3n) is 3.97. The molecule has 0 radical (unpaired) electrons. The SMILES string of the molecule is O=C(NC1CC1)c1ccc(NC(=O)C2CC=CCC2)cc1. The molecule has 2 aliphatic carbocycles. The number of hydrogen-bond acceptors (Lipinski definition) is 2. The number of amides is 2. The second kappa shape index (κ2) is 6.12. The zero-order chi connectivity index (χ0) is 14.7. The predicted octanol–water partition coefficient (Wildman–Crippen LogP) is 2.87. The van der Waals surface area contributed by atoms with Gasteiger partial charge < -0.3 is 10.6 Å². The Morgan fingerprint density at radius 2 is 1.76 bits per heavy atom. The minimum absolute atomic E-state index is 0.0344. The zero-order valence-corrected chi connectivity index (χ0v) is 12.0. The van der Waals surface area contributed by atoms with Gasteiger partial charge in [-0.25, -0.2) is 0 Å². The van der Waals surface area contributed by atoms with Crippen molar-refractivity contribution >= 4 is 17.5 Å². The highest BCUT2D eigenvalue weighted by Gasteiger charge is 2.23. The van der Waals surface area contributed by atoms with Crippen LogP contribution in [0, 0.1) is 5.92 Å². The molecule has 0 aromatic heterocycles. The van der Waals surface area contributed by atoms with Crippen molar-refractivity contribution in [3.63, 3.8) is 0 Å². The van der Waals surface area contributed by atoms with Crippen molar-refractivity contribution in [3.8, 4) is 0 Å². The zero-order valence-electron chi connectivity index (χ0n) is 12.0. The van der Waals surface area contributed by atoms with Crippen LogP contribution in [0.25, 0.3) is 0 Å². The van der Waals surface area contributed by atoms with Crippen molar-refractivity contribution in [2.45, 2.75) is 38.1 Å². The molecule has 0 bridgehead atoms. The van der Waals surface area contributed by atoms with Crippen molar-refractivity contribution in [3.05, 3.63) is 42.0 Å². The van der Waals surface area contributed by atoms with Crippen molar-refractivity contribution in [1.29, 1.82) is 0 Å². The molecule has 0 spiro atoms. The average molecular weight is 284 g/mol. The van der Waals surface area contributed by atoms with Crippen LogP contribution >= 0.6 is 0 Å². The van der Waals surface area contributed by atoms with E-state index in [0.717, 1.165) is 37.8 Å². The maximum atomic E-state index is 12.1.